The molecule has 1 aromatic heterocycles. The summed E-state index contributed by atoms with van der Waals surface area (Å²) < 4.78 is 13.1. The van der Waals surface area contributed by atoms with Crippen molar-refractivity contribution in [3.8, 4) is 0 Å². The second-order valence-corrected chi connectivity index (χ2v) is 8.34. The smallest absolute Gasteiger partial charge is 0.317 e. The number of pyridine rings is 1. The van der Waals surface area contributed by atoms with Crippen molar-refractivity contribution >= 4 is 23.4 Å². The molecule has 3 aromatic rings. The Hall–Kier alpha value is -3.94. The molecule has 0 saturated carbocycles. The summed E-state index contributed by atoms with van der Waals surface area (Å²) in [4.78, 5) is 24.0. The molecule has 0 bridgehead atoms. The molecule has 1 spiro atoms. The number of urea groups is 1. The fourth-order valence-corrected chi connectivity index (χ4v) is 4.27. The highest BCUT2D eigenvalue weighted by Gasteiger charge is 2.47. The highest BCUT2D eigenvalue weighted by molar-refractivity contribution is 6.09. The number of amidine groups is 1. The lowest BCUT2D eigenvalue weighted by molar-refractivity contribution is 0.207. The van der Waals surface area contributed by atoms with Gasteiger partial charge in [-0.15, -0.1) is 0 Å². The molecule has 0 unspecified atom stereocenters. The fourth-order valence-electron chi connectivity index (χ4n) is 4.27. The van der Waals surface area contributed by atoms with Gasteiger partial charge in [0.15, 0.2) is 5.82 Å². The van der Waals surface area contributed by atoms with Crippen LogP contribution in [0.2, 0.25) is 0 Å². The summed E-state index contributed by atoms with van der Waals surface area (Å²) in [7, 11) is 0. The van der Waals surface area contributed by atoms with Crippen LogP contribution in [0.5, 0.6) is 0 Å². The number of likely N-dealkylation sites (tertiary alicyclic amines) is 1. The summed E-state index contributed by atoms with van der Waals surface area (Å²) >= 11 is 0. The van der Waals surface area contributed by atoms with Gasteiger partial charge in [0.1, 0.15) is 17.2 Å². The van der Waals surface area contributed by atoms with Gasteiger partial charge in [-0.3, -0.25) is 4.99 Å². The Balaban J connectivity index is 1.33. The predicted molar refractivity (Wildman–Crippen MR) is 127 cm³/mol. The number of anilines is 2. The van der Waals surface area contributed by atoms with Gasteiger partial charge in [-0.1, -0.05) is 42.5 Å². The molecule has 1 saturated heterocycles. The molecular weight excluding hydrogens is 419 g/mol. The molecule has 168 valence electrons. The number of carbonyl (C=O) groups is 1. The quantitative estimate of drug-likeness (QED) is 0.568. The number of aromatic nitrogens is 1. The van der Waals surface area contributed by atoms with Gasteiger partial charge in [-0.05, 0) is 41.8 Å². The maximum absolute atomic E-state index is 13.1. The molecule has 8 heteroatoms. The first-order chi connectivity index (χ1) is 16.1. The molecule has 7 nitrogen and oxygen atoms in total. The van der Waals surface area contributed by atoms with E-state index in [4.69, 9.17) is 4.99 Å². The van der Waals surface area contributed by atoms with Crippen LogP contribution < -0.4 is 16.0 Å². The summed E-state index contributed by atoms with van der Waals surface area (Å²) in [6.07, 6.45) is 2.45. The summed E-state index contributed by atoms with van der Waals surface area (Å²) in [5.41, 5.74) is 2.34. The zero-order valence-corrected chi connectivity index (χ0v) is 18.1. The molecule has 33 heavy (non-hydrogen) atoms. The largest absolute Gasteiger partial charge is 0.368 e. The first kappa shape index (κ1) is 20.9. The topological polar surface area (TPSA) is 81.7 Å². The van der Waals surface area contributed by atoms with Crippen LogP contribution in [0.3, 0.4) is 0 Å². The third-order valence-electron chi connectivity index (χ3n) is 6.05. The fraction of sp³-hybridized carbons (Fsp3) is 0.240. The van der Waals surface area contributed by atoms with Crippen molar-refractivity contribution in [2.24, 2.45) is 4.99 Å². The van der Waals surface area contributed by atoms with E-state index in [2.05, 4.69) is 20.9 Å². The van der Waals surface area contributed by atoms with Gasteiger partial charge in [0.2, 0.25) is 0 Å². The Morgan fingerprint density at radius 3 is 2.73 bits per heavy atom. The summed E-state index contributed by atoms with van der Waals surface area (Å²) in [6, 6.07) is 19.9. The second-order valence-electron chi connectivity index (χ2n) is 8.34. The van der Waals surface area contributed by atoms with E-state index < -0.39 is 5.54 Å². The van der Waals surface area contributed by atoms with Crippen LogP contribution in [-0.4, -0.2) is 40.4 Å². The number of benzene rings is 2. The Bertz CT molecular complexity index is 1170. The van der Waals surface area contributed by atoms with E-state index in [-0.39, 0.29) is 11.8 Å². The number of nitrogens with zero attached hydrogens (tertiary/aromatic N) is 3. The summed E-state index contributed by atoms with van der Waals surface area (Å²) in [5.74, 6) is 1.22. The van der Waals surface area contributed by atoms with E-state index in [1.807, 2.05) is 42.5 Å². The summed E-state index contributed by atoms with van der Waals surface area (Å²) in [6.45, 7) is 1.93. The number of halogens is 1. The van der Waals surface area contributed by atoms with Crippen LogP contribution >= 0.6 is 0 Å². The number of hydrogen-bond donors (Lipinski definition) is 3. The molecule has 2 amide bonds. The van der Waals surface area contributed by atoms with Gasteiger partial charge in [0.25, 0.3) is 0 Å². The predicted octanol–water partition coefficient (Wildman–Crippen LogP) is 4.01. The van der Waals surface area contributed by atoms with Crippen molar-refractivity contribution in [3.63, 3.8) is 0 Å². The number of rotatable bonds is 4. The maximum Gasteiger partial charge on any atom is 0.317 e. The third kappa shape index (κ3) is 4.50. The summed E-state index contributed by atoms with van der Waals surface area (Å²) in [5, 5.41) is 9.95. The lowest BCUT2D eigenvalue weighted by atomic mass is 9.93. The second kappa shape index (κ2) is 8.90. The Kier molecular flexibility index (Phi) is 5.64. The van der Waals surface area contributed by atoms with E-state index >= 15 is 0 Å². The average Bonchev–Trinajstić information content (AvgIpc) is 3.27. The van der Waals surface area contributed by atoms with Crippen LogP contribution in [0.15, 0.2) is 77.9 Å². The van der Waals surface area contributed by atoms with Crippen molar-refractivity contribution in [2.75, 3.05) is 23.7 Å². The minimum absolute atomic E-state index is 0.155. The molecule has 2 aliphatic heterocycles. The standard InChI is InChI=1S/C25H25FN6O/c26-20-10-8-19(9-11-20)16-29-24(33)32-14-12-25(17-32)23(28-15-18-5-2-1-3-6-18)30-22-21(31-25)7-4-13-27-22/h1-11,13,31H,12,14-17H2,(H,29,33)(H,27,28,30)/t25-/m1/s1. The van der Waals surface area contributed by atoms with Crippen molar-refractivity contribution in [2.45, 2.75) is 25.0 Å². The van der Waals surface area contributed by atoms with Crippen molar-refractivity contribution in [1.82, 2.24) is 15.2 Å². The maximum atomic E-state index is 13.1. The number of nitrogens with one attached hydrogen (secondary N) is 3. The highest BCUT2D eigenvalue weighted by Crippen LogP contribution is 2.35. The van der Waals surface area contributed by atoms with E-state index in [0.29, 0.717) is 32.6 Å². The van der Waals surface area contributed by atoms with Crippen LogP contribution in [0.25, 0.3) is 0 Å². The normalized spacial score (nSPS) is 20.3. The van der Waals surface area contributed by atoms with Crippen molar-refractivity contribution in [3.05, 3.63) is 89.9 Å². The van der Waals surface area contributed by atoms with Crippen molar-refractivity contribution < 1.29 is 9.18 Å². The zero-order valence-electron chi connectivity index (χ0n) is 18.1. The van der Waals surface area contributed by atoms with Crippen LogP contribution in [0.1, 0.15) is 17.5 Å². The average molecular weight is 445 g/mol. The molecule has 1 fully saturated rings. The lowest BCUT2D eigenvalue weighted by Crippen LogP contribution is -2.55. The highest BCUT2D eigenvalue weighted by atomic mass is 19.1. The van der Waals surface area contributed by atoms with Gasteiger partial charge in [-0.25, -0.2) is 14.2 Å². The van der Waals surface area contributed by atoms with Crippen LogP contribution in [0, 0.1) is 5.82 Å². The number of amides is 2. The van der Waals surface area contributed by atoms with Crippen molar-refractivity contribution in [1.29, 1.82) is 0 Å². The molecule has 0 radical (unpaired) electrons. The minimum Gasteiger partial charge on any atom is -0.368 e. The molecule has 2 aliphatic rings. The van der Waals surface area contributed by atoms with E-state index in [9.17, 15) is 9.18 Å². The third-order valence-corrected chi connectivity index (χ3v) is 6.05. The SMILES string of the molecule is O=C(NCc1ccc(F)cc1)N1CC[C@]2(C1)Nc1cccnc1NC2=NCc1ccccc1. The van der Waals surface area contributed by atoms with E-state index in [1.165, 1.54) is 12.1 Å². The molecule has 3 heterocycles. The molecule has 3 N–H and O–H groups in total. The number of fused-ring (bicyclic) bond motifs is 1. The first-order valence-corrected chi connectivity index (χ1v) is 11.0. The van der Waals surface area contributed by atoms with Crippen LogP contribution in [-0.2, 0) is 13.1 Å². The monoisotopic (exact) mass is 444 g/mol. The van der Waals surface area contributed by atoms with Gasteiger partial charge in [0, 0.05) is 19.3 Å². The number of aliphatic imine (C=N–C) groups is 1. The molecule has 5 rings (SSSR count). The van der Waals surface area contributed by atoms with E-state index in [0.717, 1.165) is 28.5 Å². The van der Waals surface area contributed by atoms with Crippen LogP contribution in [0.4, 0.5) is 20.7 Å². The lowest BCUT2D eigenvalue weighted by Gasteiger charge is -2.38. The first-order valence-electron chi connectivity index (χ1n) is 11.0. The Labute approximate surface area is 191 Å². The number of hydrogen-bond acceptors (Lipinski definition) is 4. The van der Waals surface area contributed by atoms with Gasteiger partial charge >= 0.3 is 6.03 Å². The molecule has 1 atom stereocenters. The van der Waals surface area contributed by atoms with Gasteiger partial charge in [-0.2, -0.15) is 0 Å². The molecular formula is C25H25FN6O. The molecule has 2 aromatic carbocycles. The molecule has 0 aliphatic carbocycles. The minimum atomic E-state index is -0.516. The Morgan fingerprint density at radius 1 is 1.09 bits per heavy atom. The van der Waals surface area contributed by atoms with Gasteiger partial charge in [0.05, 0.1) is 18.8 Å². The van der Waals surface area contributed by atoms with Gasteiger partial charge < -0.3 is 20.9 Å². The number of carbonyl (C=O) groups excluding carboxylic acids is 1. The Morgan fingerprint density at radius 2 is 1.91 bits per heavy atom. The zero-order chi connectivity index (χ0) is 22.7. The van der Waals surface area contributed by atoms with E-state index in [1.54, 1.807) is 23.2 Å².